The van der Waals surface area contributed by atoms with Gasteiger partial charge in [0, 0.05) is 21.6 Å². The van der Waals surface area contributed by atoms with Crippen molar-refractivity contribution in [3.63, 3.8) is 0 Å². The van der Waals surface area contributed by atoms with E-state index in [0.29, 0.717) is 0 Å². The Labute approximate surface area is 326 Å². The third-order valence-electron chi connectivity index (χ3n) is 12.5. The standard InChI is InChI=1S/C55H40O/c1-5-6-15-33(2)35-25-26-43(37-17-8-7-16-36(35)37)52-41-21-11-9-19-39(41)51(40-20-10-12-22-42(40)52)34-24-31-49-48(32-34)45-28-30-47-44(53(45)55(49,3)4)27-29-46-38-18-13-14-23-50(38)56-54(46)47/h5-32H,1-4H3/b6-5-,33-15+. The minimum absolute atomic E-state index is 0.177. The minimum atomic E-state index is -0.177. The van der Waals surface area contributed by atoms with E-state index < -0.39 is 0 Å². The Balaban J connectivity index is 1.14. The summed E-state index contributed by atoms with van der Waals surface area (Å²) in [5.41, 5.74) is 14.7. The molecule has 1 aliphatic carbocycles. The van der Waals surface area contributed by atoms with Gasteiger partial charge in [-0.15, -0.1) is 0 Å². The van der Waals surface area contributed by atoms with E-state index in [9.17, 15) is 0 Å². The zero-order chi connectivity index (χ0) is 37.7. The van der Waals surface area contributed by atoms with Gasteiger partial charge in [0.2, 0.25) is 0 Å². The summed E-state index contributed by atoms with van der Waals surface area (Å²) in [7, 11) is 0. The van der Waals surface area contributed by atoms with E-state index in [1.807, 2.05) is 6.07 Å². The number of hydrogen-bond donors (Lipinski definition) is 0. The molecule has 0 amide bonds. The summed E-state index contributed by atoms with van der Waals surface area (Å²) in [4.78, 5) is 0. The number of benzene rings is 9. The van der Waals surface area contributed by atoms with Crippen molar-refractivity contribution in [3.8, 4) is 33.4 Å². The Kier molecular flexibility index (Phi) is 7.10. The fraction of sp³-hybridized carbons (Fsp3) is 0.0909. The molecule has 1 aliphatic rings. The maximum Gasteiger partial charge on any atom is 0.143 e. The normalized spacial score (nSPS) is 13.9. The first-order chi connectivity index (χ1) is 27.4. The molecule has 56 heavy (non-hydrogen) atoms. The molecule has 0 saturated carbocycles. The first-order valence-corrected chi connectivity index (χ1v) is 19.7. The van der Waals surface area contributed by atoms with Crippen LogP contribution >= 0.6 is 0 Å². The summed E-state index contributed by atoms with van der Waals surface area (Å²) in [5, 5.41) is 12.4. The van der Waals surface area contributed by atoms with E-state index >= 15 is 0 Å². The topological polar surface area (TPSA) is 13.1 Å². The van der Waals surface area contributed by atoms with Crippen molar-refractivity contribution in [1.29, 1.82) is 0 Å². The Morgan fingerprint density at radius 2 is 1.07 bits per heavy atom. The smallest absolute Gasteiger partial charge is 0.143 e. The number of para-hydroxylation sites is 1. The summed E-state index contributed by atoms with van der Waals surface area (Å²) in [6.07, 6.45) is 6.42. The summed E-state index contributed by atoms with van der Waals surface area (Å²) < 4.78 is 6.52. The maximum atomic E-state index is 6.52. The molecule has 10 aromatic rings. The second-order valence-corrected chi connectivity index (χ2v) is 15.9. The molecule has 1 nitrogen and oxygen atoms in total. The fourth-order valence-corrected chi connectivity index (χ4v) is 10.0. The highest BCUT2D eigenvalue weighted by molar-refractivity contribution is 6.24. The van der Waals surface area contributed by atoms with Gasteiger partial charge in [0.15, 0.2) is 0 Å². The predicted octanol–water partition coefficient (Wildman–Crippen LogP) is 15.8. The van der Waals surface area contributed by atoms with E-state index in [1.165, 1.54) is 110 Å². The second kappa shape index (κ2) is 12.2. The highest BCUT2D eigenvalue weighted by Crippen LogP contribution is 2.54. The SMILES string of the molecule is C/C=C\C=C(/C)c1ccc(-c2c3ccccc3c(-c3ccc4c(c3)-c3ccc5c(ccc6c7ccccc7oc56)c3C4(C)C)c3ccccc23)c2ccccc12. The Morgan fingerprint density at radius 1 is 0.500 bits per heavy atom. The molecule has 1 heteroatoms. The molecule has 9 aromatic carbocycles. The molecule has 0 atom stereocenters. The molecule has 0 bridgehead atoms. The summed E-state index contributed by atoms with van der Waals surface area (Å²) in [5.74, 6) is 0. The van der Waals surface area contributed by atoms with E-state index in [2.05, 4.69) is 192 Å². The number of furan rings is 1. The first kappa shape index (κ1) is 32.7. The van der Waals surface area contributed by atoms with Gasteiger partial charge in [0.05, 0.1) is 0 Å². The van der Waals surface area contributed by atoms with Gasteiger partial charge >= 0.3 is 0 Å². The lowest BCUT2D eigenvalue weighted by Gasteiger charge is -2.23. The van der Waals surface area contributed by atoms with Gasteiger partial charge in [-0.25, -0.2) is 0 Å². The molecule has 0 unspecified atom stereocenters. The average Bonchev–Trinajstić information content (AvgIpc) is 3.73. The fourth-order valence-electron chi connectivity index (χ4n) is 10.0. The first-order valence-electron chi connectivity index (χ1n) is 19.7. The van der Waals surface area contributed by atoms with Crippen LogP contribution in [0.1, 0.15) is 44.4 Å². The highest BCUT2D eigenvalue weighted by atomic mass is 16.3. The summed E-state index contributed by atoms with van der Waals surface area (Å²) >= 11 is 0. The predicted molar refractivity (Wildman–Crippen MR) is 241 cm³/mol. The highest BCUT2D eigenvalue weighted by Gasteiger charge is 2.37. The lowest BCUT2D eigenvalue weighted by molar-refractivity contribution is 0.665. The van der Waals surface area contributed by atoms with Gasteiger partial charge in [-0.1, -0.05) is 159 Å². The van der Waals surface area contributed by atoms with Crippen LogP contribution < -0.4 is 0 Å². The number of allylic oxidation sites excluding steroid dienone is 4. The van der Waals surface area contributed by atoms with Crippen molar-refractivity contribution in [2.24, 2.45) is 0 Å². The molecule has 0 N–H and O–H groups in total. The van der Waals surface area contributed by atoms with Crippen LogP contribution in [0.3, 0.4) is 0 Å². The molecule has 0 spiro atoms. The molecule has 11 rings (SSSR count). The quantitative estimate of drug-likeness (QED) is 0.131. The summed E-state index contributed by atoms with van der Waals surface area (Å²) in [6.45, 7) is 9.03. The van der Waals surface area contributed by atoms with Gasteiger partial charge in [0.25, 0.3) is 0 Å². The van der Waals surface area contributed by atoms with Gasteiger partial charge in [-0.2, -0.15) is 0 Å². The Morgan fingerprint density at radius 3 is 1.79 bits per heavy atom. The molecule has 0 fully saturated rings. The van der Waals surface area contributed by atoms with Crippen LogP contribution in [0.25, 0.3) is 104 Å². The van der Waals surface area contributed by atoms with Gasteiger partial charge < -0.3 is 4.42 Å². The van der Waals surface area contributed by atoms with Crippen LogP contribution in [0.2, 0.25) is 0 Å². The van der Waals surface area contributed by atoms with Crippen molar-refractivity contribution < 1.29 is 4.42 Å². The largest absolute Gasteiger partial charge is 0.455 e. The molecule has 0 radical (unpaired) electrons. The van der Waals surface area contributed by atoms with E-state index in [4.69, 9.17) is 4.42 Å². The van der Waals surface area contributed by atoms with E-state index in [1.54, 1.807) is 0 Å². The van der Waals surface area contributed by atoms with Crippen LogP contribution in [0.4, 0.5) is 0 Å². The van der Waals surface area contributed by atoms with Crippen molar-refractivity contribution in [2.75, 3.05) is 0 Å². The summed E-state index contributed by atoms with van der Waals surface area (Å²) in [6, 6.07) is 56.4. The van der Waals surface area contributed by atoms with Crippen LogP contribution in [0.5, 0.6) is 0 Å². The molecule has 1 heterocycles. The maximum absolute atomic E-state index is 6.52. The monoisotopic (exact) mass is 716 g/mol. The third kappa shape index (κ3) is 4.55. The zero-order valence-corrected chi connectivity index (χ0v) is 32.1. The van der Waals surface area contributed by atoms with Crippen LogP contribution in [0, 0.1) is 0 Å². The minimum Gasteiger partial charge on any atom is -0.455 e. The van der Waals surface area contributed by atoms with Gasteiger partial charge in [-0.3, -0.25) is 0 Å². The third-order valence-corrected chi connectivity index (χ3v) is 12.5. The molecule has 0 saturated heterocycles. The van der Waals surface area contributed by atoms with Crippen LogP contribution in [0.15, 0.2) is 174 Å². The average molecular weight is 717 g/mol. The Bertz CT molecular complexity index is 3290. The molecule has 1 aromatic heterocycles. The van der Waals surface area contributed by atoms with Gasteiger partial charge in [-0.05, 0) is 131 Å². The number of hydrogen-bond acceptors (Lipinski definition) is 1. The van der Waals surface area contributed by atoms with Crippen molar-refractivity contribution >= 4 is 70.6 Å². The van der Waals surface area contributed by atoms with E-state index in [-0.39, 0.29) is 5.41 Å². The van der Waals surface area contributed by atoms with Crippen molar-refractivity contribution in [1.82, 2.24) is 0 Å². The van der Waals surface area contributed by atoms with Gasteiger partial charge in [0.1, 0.15) is 11.2 Å². The van der Waals surface area contributed by atoms with E-state index in [0.717, 1.165) is 11.2 Å². The molecule has 0 aliphatic heterocycles. The molecule has 266 valence electrons. The zero-order valence-electron chi connectivity index (χ0n) is 32.1. The number of fused-ring (bicyclic) bond motifs is 12. The second-order valence-electron chi connectivity index (χ2n) is 15.9. The Hall–Kier alpha value is -6.70. The van der Waals surface area contributed by atoms with Crippen LogP contribution in [-0.2, 0) is 5.41 Å². The van der Waals surface area contributed by atoms with Crippen molar-refractivity contribution in [3.05, 3.63) is 187 Å². The lowest BCUT2D eigenvalue weighted by atomic mass is 9.79. The lowest BCUT2D eigenvalue weighted by Crippen LogP contribution is -2.15. The van der Waals surface area contributed by atoms with Crippen LogP contribution in [-0.4, -0.2) is 0 Å². The number of rotatable bonds is 4. The molecular weight excluding hydrogens is 677 g/mol. The molecular formula is C55H40O. The van der Waals surface area contributed by atoms with Crippen molar-refractivity contribution in [2.45, 2.75) is 33.1 Å².